The van der Waals surface area contributed by atoms with E-state index in [2.05, 4.69) is 20.9 Å². The van der Waals surface area contributed by atoms with Crippen molar-refractivity contribution >= 4 is 38.7 Å². The lowest BCUT2D eigenvalue weighted by Crippen LogP contribution is -2.17. The summed E-state index contributed by atoms with van der Waals surface area (Å²) in [5.41, 5.74) is 1.15. The summed E-state index contributed by atoms with van der Waals surface area (Å²) in [7, 11) is 0. The number of rotatable bonds is 3. The first kappa shape index (κ1) is 11.7. The standard InChI is InChI=1S/C11H10BrNO2S/c12-8-3-1-7(2-4-8)5-10-13-9(6-16-10)11(14)15/h1-4,9H,5-6H2,(H,14,15)/t9-/m0/s1. The number of hydrogen-bond donors (Lipinski definition) is 1. The highest BCUT2D eigenvalue weighted by Crippen LogP contribution is 2.22. The van der Waals surface area contributed by atoms with Crippen molar-refractivity contribution in [2.75, 3.05) is 5.75 Å². The van der Waals surface area contributed by atoms with Crippen molar-refractivity contribution in [3.05, 3.63) is 34.3 Å². The molecule has 0 unspecified atom stereocenters. The second-order valence-electron chi connectivity index (χ2n) is 3.49. The monoisotopic (exact) mass is 299 g/mol. The molecule has 1 heterocycles. The molecule has 1 atom stereocenters. The van der Waals surface area contributed by atoms with Gasteiger partial charge in [-0.1, -0.05) is 28.1 Å². The summed E-state index contributed by atoms with van der Waals surface area (Å²) >= 11 is 4.91. The molecule has 16 heavy (non-hydrogen) atoms. The summed E-state index contributed by atoms with van der Waals surface area (Å²) in [5.74, 6) is -0.278. The van der Waals surface area contributed by atoms with Gasteiger partial charge in [-0.3, -0.25) is 4.99 Å². The molecule has 0 aliphatic carbocycles. The van der Waals surface area contributed by atoms with Gasteiger partial charge in [0.2, 0.25) is 0 Å². The molecule has 1 aliphatic rings. The fraction of sp³-hybridized carbons (Fsp3) is 0.273. The van der Waals surface area contributed by atoms with Crippen LogP contribution in [0.15, 0.2) is 33.7 Å². The Labute approximate surface area is 106 Å². The Kier molecular flexibility index (Phi) is 3.66. The Morgan fingerprint density at radius 2 is 2.19 bits per heavy atom. The maximum Gasteiger partial charge on any atom is 0.329 e. The first-order valence-electron chi connectivity index (χ1n) is 4.82. The number of aliphatic carboxylic acids is 1. The van der Waals surface area contributed by atoms with Gasteiger partial charge >= 0.3 is 5.97 Å². The number of thioether (sulfide) groups is 1. The van der Waals surface area contributed by atoms with E-state index in [1.165, 1.54) is 11.8 Å². The molecule has 1 N–H and O–H groups in total. The summed E-state index contributed by atoms with van der Waals surface area (Å²) in [4.78, 5) is 14.9. The summed E-state index contributed by atoms with van der Waals surface area (Å²) in [6.45, 7) is 0. The molecule has 84 valence electrons. The highest BCUT2D eigenvalue weighted by Gasteiger charge is 2.24. The fourth-order valence-corrected chi connectivity index (χ4v) is 2.73. The van der Waals surface area contributed by atoms with Crippen LogP contribution in [0, 0.1) is 0 Å². The number of carbonyl (C=O) groups is 1. The van der Waals surface area contributed by atoms with Crippen LogP contribution in [-0.4, -0.2) is 27.9 Å². The van der Waals surface area contributed by atoms with Crippen LogP contribution in [0.5, 0.6) is 0 Å². The third-order valence-corrected chi connectivity index (χ3v) is 3.86. The van der Waals surface area contributed by atoms with Crippen molar-refractivity contribution in [3.63, 3.8) is 0 Å². The van der Waals surface area contributed by atoms with E-state index in [1.54, 1.807) is 0 Å². The van der Waals surface area contributed by atoms with Gasteiger partial charge in [0.05, 0.1) is 5.04 Å². The molecule has 3 nitrogen and oxygen atoms in total. The molecule has 0 saturated carbocycles. The van der Waals surface area contributed by atoms with Gasteiger partial charge in [0.15, 0.2) is 6.04 Å². The van der Waals surface area contributed by atoms with Gasteiger partial charge in [0.25, 0.3) is 0 Å². The molecule has 0 amide bonds. The number of aliphatic imine (C=N–C) groups is 1. The van der Waals surface area contributed by atoms with Crippen LogP contribution in [0.25, 0.3) is 0 Å². The van der Waals surface area contributed by atoms with Gasteiger partial charge < -0.3 is 5.11 Å². The van der Waals surface area contributed by atoms with Crippen LogP contribution in [0.4, 0.5) is 0 Å². The molecule has 1 aromatic rings. The Hall–Kier alpha value is -0.810. The zero-order valence-corrected chi connectivity index (χ0v) is 10.8. The van der Waals surface area contributed by atoms with Crippen LogP contribution in [0.3, 0.4) is 0 Å². The molecule has 2 rings (SSSR count). The lowest BCUT2D eigenvalue weighted by molar-refractivity contribution is -0.137. The van der Waals surface area contributed by atoms with Crippen molar-refractivity contribution in [1.82, 2.24) is 0 Å². The Bertz CT molecular complexity index is 430. The second kappa shape index (κ2) is 5.01. The van der Waals surface area contributed by atoms with E-state index in [9.17, 15) is 4.79 Å². The van der Waals surface area contributed by atoms with Crippen molar-refractivity contribution in [3.8, 4) is 0 Å². The van der Waals surface area contributed by atoms with E-state index in [1.807, 2.05) is 24.3 Å². The summed E-state index contributed by atoms with van der Waals surface area (Å²) in [6.07, 6.45) is 0.724. The SMILES string of the molecule is O=C(O)[C@@H]1CSC(Cc2ccc(Br)cc2)=N1. The third kappa shape index (κ3) is 2.86. The molecule has 1 aromatic carbocycles. The van der Waals surface area contributed by atoms with Crippen LogP contribution in [-0.2, 0) is 11.2 Å². The van der Waals surface area contributed by atoms with Crippen molar-refractivity contribution in [1.29, 1.82) is 0 Å². The van der Waals surface area contributed by atoms with Gasteiger partial charge in [0, 0.05) is 16.6 Å². The molecule has 0 aromatic heterocycles. The van der Waals surface area contributed by atoms with Crippen molar-refractivity contribution in [2.24, 2.45) is 4.99 Å². The van der Waals surface area contributed by atoms with E-state index in [4.69, 9.17) is 5.11 Å². The third-order valence-electron chi connectivity index (χ3n) is 2.26. The fourth-order valence-electron chi connectivity index (χ4n) is 1.42. The topological polar surface area (TPSA) is 49.7 Å². The number of benzene rings is 1. The van der Waals surface area contributed by atoms with Gasteiger partial charge in [-0.2, -0.15) is 0 Å². The summed E-state index contributed by atoms with van der Waals surface area (Å²) < 4.78 is 1.04. The van der Waals surface area contributed by atoms with Crippen LogP contribution >= 0.6 is 27.7 Å². The van der Waals surface area contributed by atoms with Gasteiger partial charge in [-0.05, 0) is 17.7 Å². The minimum Gasteiger partial charge on any atom is -0.480 e. The summed E-state index contributed by atoms with van der Waals surface area (Å²) in [5, 5.41) is 9.72. The number of carboxylic acid groups (broad SMARTS) is 1. The molecule has 0 fully saturated rings. The number of halogens is 1. The van der Waals surface area contributed by atoms with Crippen LogP contribution in [0.2, 0.25) is 0 Å². The van der Waals surface area contributed by atoms with E-state index >= 15 is 0 Å². The molecule has 1 aliphatic heterocycles. The molecule has 5 heteroatoms. The minimum absolute atomic E-state index is 0.557. The Morgan fingerprint density at radius 1 is 1.50 bits per heavy atom. The zero-order chi connectivity index (χ0) is 11.5. The highest BCUT2D eigenvalue weighted by molar-refractivity contribution is 9.10. The smallest absolute Gasteiger partial charge is 0.329 e. The second-order valence-corrected chi connectivity index (χ2v) is 5.50. The average Bonchev–Trinajstić information content (AvgIpc) is 2.70. The van der Waals surface area contributed by atoms with Crippen LogP contribution in [0.1, 0.15) is 5.56 Å². The van der Waals surface area contributed by atoms with E-state index in [0.717, 1.165) is 21.5 Å². The van der Waals surface area contributed by atoms with Crippen LogP contribution < -0.4 is 0 Å². The van der Waals surface area contributed by atoms with E-state index < -0.39 is 12.0 Å². The minimum atomic E-state index is -0.835. The average molecular weight is 300 g/mol. The van der Waals surface area contributed by atoms with E-state index in [0.29, 0.717) is 5.75 Å². The van der Waals surface area contributed by atoms with Gasteiger partial charge in [-0.25, -0.2) is 4.79 Å². The highest BCUT2D eigenvalue weighted by atomic mass is 79.9. The Balaban J connectivity index is 2.03. The molecular weight excluding hydrogens is 290 g/mol. The van der Waals surface area contributed by atoms with Gasteiger partial charge in [0.1, 0.15) is 0 Å². The zero-order valence-electron chi connectivity index (χ0n) is 8.39. The molecule has 0 saturated heterocycles. The first-order chi connectivity index (χ1) is 7.65. The summed E-state index contributed by atoms with van der Waals surface area (Å²) in [6, 6.07) is 7.42. The number of carboxylic acids is 1. The number of hydrogen-bond acceptors (Lipinski definition) is 3. The van der Waals surface area contributed by atoms with E-state index in [-0.39, 0.29) is 0 Å². The molecule has 0 bridgehead atoms. The lowest BCUT2D eigenvalue weighted by atomic mass is 10.2. The molecule has 0 radical (unpaired) electrons. The predicted molar refractivity (Wildman–Crippen MR) is 69.2 cm³/mol. The molecular formula is C11H10BrNO2S. The normalized spacial score (nSPS) is 19.6. The number of nitrogens with zero attached hydrogens (tertiary/aromatic N) is 1. The quantitative estimate of drug-likeness (QED) is 0.933. The lowest BCUT2D eigenvalue weighted by Gasteiger charge is -2.00. The largest absolute Gasteiger partial charge is 0.480 e. The predicted octanol–water partition coefficient (Wildman–Crippen LogP) is 2.59. The first-order valence-corrected chi connectivity index (χ1v) is 6.60. The maximum absolute atomic E-state index is 10.7. The van der Waals surface area contributed by atoms with Crippen molar-refractivity contribution in [2.45, 2.75) is 12.5 Å². The Morgan fingerprint density at radius 3 is 2.75 bits per heavy atom. The van der Waals surface area contributed by atoms with Crippen molar-refractivity contribution < 1.29 is 9.90 Å². The molecule has 0 spiro atoms. The maximum atomic E-state index is 10.7. The van der Waals surface area contributed by atoms with Gasteiger partial charge in [-0.15, -0.1) is 11.8 Å².